The highest BCUT2D eigenvalue weighted by molar-refractivity contribution is 7.92. The minimum atomic E-state index is -3.08. The summed E-state index contributed by atoms with van der Waals surface area (Å²) < 4.78 is 23.9. The number of para-hydroxylation sites is 1. The first-order valence-electron chi connectivity index (χ1n) is 4.99. The summed E-state index contributed by atoms with van der Waals surface area (Å²) in [5.74, 6) is 0. The van der Waals surface area contributed by atoms with E-state index in [0.717, 1.165) is 23.7 Å². The maximum atomic E-state index is 11.9. The lowest BCUT2D eigenvalue weighted by Gasteiger charge is -1.96. The quantitative estimate of drug-likeness (QED) is 0.844. The van der Waals surface area contributed by atoms with Crippen molar-refractivity contribution in [2.24, 2.45) is 0 Å². The molecule has 3 rings (SSSR count). The zero-order chi connectivity index (χ0) is 10.5. The molecular formula is C11H11NO2S. The topological polar surface area (TPSA) is 49.9 Å². The van der Waals surface area contributed by atoms with Crippen LogP contribution in [0.2, 0.25) is 0 Å². The maximum Gasteiger partial charge on any atom is 0.196 e. The molecule has 15 heavy (non-hydrogen) atoms. The third-order valence-corrected chi connectivity index (χ3v) is 4.96. The van der Waals surface area contributed by atoms with Gasteiger partial charge in [0, 0.05) is 10.9 Å². The number of aromatic nitrogens is 1. The fourth-order valence-electron chi connectivity index (χ4n) is 1.76. The first-order chi connectivity index (χ1) is 7.18. The van der Waals surface area contributed by atoms with Gasteiger partial charge in [-0.1, -0.05) is 18.2 Å². The van der Waals surface area contributed by atoms with Crippen LogP contribution >= 0.6 is 0 Å². The molecule has 1 aromatic carbocycles. The van der Waals surface area contributed by atoms with Crippen molar-refractivity contribution in [3.8, 4) is 0 Å². The molecule has 0 atom stereocenters. The second-order valence-electron chi connectivity index (χ2n) is 3.97. The van der Waals surface area contributed by atoms with Crippen LogP contribution in [0, 0.1) is 0 Å². The van der Waals surface area contributed by atoms with E-state index in [0.29, 0.717) is 5.03 Å². The molecule has 3 nitrogen and oxygen atoms in total. The van der Waals surface area contributed by atoms with Gasteiger partial charge in [-0.25, -0.2) is 8.42 Å². The molecule has 0 aliphatic heterocycles. The molecular weight excluding hydrogens is 210 g/mol. The minimum Gasteiger partial charge on any atom is -0.346 e. The summed E-state index contributed by atoms with van der Waals surface area (Å²) in [6.45, 7) is 0. The molecule has 1 fully saturated rings. The van der Waals surface area contributed by atoms with E-state index in [2.05, 4.69) is 4.98 Å². The van der Waals surface area contributed by atoms with Crippen molar-refractivity contribution in [2.75, 3.05) is 0 Å². The second kappa shape index (κ2) is 2.85. The molecule has 1 aliphatic carbocycles. The number of sulfone groups is 1. The van der Waals surface area contributed by atoms with E-state index < -0.39 is 9.84 Å². The number of hydrogen-bond acceptors (Lipinski definition) is 2. The van der Waals surface area contributed by atoms with Gasteiger partial charge in [0.1, 0.15) is 5.03 Å². The lowest BCUT2D eigenvalue weighted by Crippen LogP contribution is -2.06. The molecule has 78 valence electrons. The molecule has 0 bridgehead atoms. The molecule has 0 saturated heterocycles. The van der Waals surface area contributed by atoms with Crippen LogP contribution in [0.3, 0.4) is 0 Å². The van der Waals surface area contributed by atoms with Gasteiger partial charge >= 0.3 is 0 Å². The lowest BCUT2D eigenvalue weighted by molar-refractivity contribution is 0.592. The van der Waals surface area contributed by atoms with Gasteiger partial charge in [-0.15, -0.1) is 0 Å². The Hall–Kier alpha value is -1.29. The minimum absolute atomic E-state index is 0.148. The van der Waals surface area contributed by atoms with Crippen molar-refractivity contribution in [1.82, 2.24) is 4.98 Å². The third kappa shape index (κ3) is 1.36. The Morgan fingerprint density at radius 3 is 2.60 bits per heavy atom. The molecule has 4 heteroatoms. The van der Waals surface area contributed by atoms with Crippen LogP contribution in [-0.4, -0.2) is 18.7 Å². The molecule has 1 aromatic heterocycles. The van der Waals surface area contributed by atoms with Crippen molar-refractivity contribution in [3.05, 3.63) is 30.3 Å². The van der Waals surface area contributed by atoms with Crippen LogP contribution < -0.4 is 0 Å². The van der Waals surface area contributed by atoms with E-state index in [4.69, 9.17) is 0 Å². The number of aromatic amines is 1. The van der Waals surface area contributed by atoms with Crippen LogP contribution in [0.4, 0.5) is 0 Å². The second-order valence-corrected chi connectivity index (χ2v) is 6.16. The van der Waals surface area contributed by atoms with Crippen LogP contribution in [0.5, 0.6) is 0 Å². The summed E-state index contributed by atoms with van der Waals surface area (Å²) in [5, 5.41) is 1.17. The largest absolute Gasteiger partial charge is 0.346 e. The summed E-state index contributed by atoms with van der Waals surface area (Å²) >= 11 is 0. The van der Waals surface area contributed by atoms with Gasteiger partial charge in [0.15, 0.2) is 9.84 Å². The van der Waals surface area contributed by atoms with Crippen molar-refractivity contribution in [2.45, 2.75) is 23.1 Å². The Bertz CT molecular complexity index is 575. The smallest absolute Gasteiger partial charge is 0.196 e. The summed E-state index contributed by atoms with van der Waals surface area (Å²) in [6.07, 6.45) is 1.61. The molecule has 1 heterocycles. The highest BCUT2D eigenvalue weighted by Gasteiger charge is 2.37. The molecule has 1 N–H and O–H groups in total. The fraction of sp³-hybridized carbons (Fsp3) is 0.273. The number of rotatable bonds is 2. The molecule has 0 unspecified atom stereocenters. The zero-order valence-electron chi connectivity index (χ0n) is 8.10. The van der Waals surface area contributed by atoms with Crippen LogP contribution in [0.15, 0.2) is 35.4 Å². The normalized spacial score (nSPS) is 17.1. The summed E-state index contributed by atoms with van der Waals surface area (Å²) in [7, 11) is -3.08. The van der Waals surface area contributed by atoms with Gasteiger partial charge in [0.2, 0.25) is 0 Å². The predicted octanol–water partition coefficient (Wildman–Crippen LogP) is 2.10. The Morgan fingerprint density at radius 1 is 1.20 bits per heavy atom. The number of fused-ring (bicyclic) bond motifs is 1. The first kappa shape index (κ1) is 8.97. The van der Waals surface area contributed by atoms with Crippen LogP contribution in [0.1, 0.15) is 12.8 Å². The fourth-order valence-corrected chi connectivity index (χ4v) is 3.42. The van der Waals surface area contributed by atoms with Crippen molar-refractivity contribution < 1.29 is 8.42 Å². The summed E-state index contributed by atoms with van der Waals surface area (Å²) in [5.41, 5.74) is 0.886. The molecule has 1 aliphatic rings. The summed E-state index contributed by atoms with van der Waals surface area (Å²) in [4.78, 5) is 2.97. The SMILES string of the molecule is O=S(=O)(c1cc2ccccc2[nH]1)C1CC1. The van der Waals surface area contributed by atoms with Gasteiger partial charge < -0.3 is 4.98 Å². The van der Waals surface area contributed by atoms with E-state index in [9.17, 15) is 8.42 Å². The number of hydrogen-bond donors (Lipinski definition) is 1. The Morgan fingerprint density at radius 2 is 1.93 bits per heavy atom. The van der Waals surface area contributed by atoms with E-state index >= 15 is 0 Å². The molecule has 0 spiro atoms. The van der Waals surface area contributed by atoms with Crippen LogP contribution in [0.25, 0.3) is 10.9 Å². The van der Waals surface area contributed by atoms with Crippen molar-refractivity contribution in [1.29, 1.82) is 0 Å². The van der Waals surface area contributed by atoms with Gasteiger partial charge in [-0.3, -0.25) is 0 Å². The van der Waals surface area contributed by atoms with Gasteiger partial charge in [-0.2, -0.15) is 0 Å². The number of H-pyrrole nitrogens is 1. The highest BCUT2D eigenvalue weighted by atomic mass is 32.2. The van der Waals surface area contributed by atoms with E-state index in [1.807, 2.05) is 24.3 Å². The number of benzene rings is 1. The van der Waals surface area contributed by atoms with E-state index in [1.54, 1.807) is 6.07 Å². The molecule has 1 saturated carbocycles. The Balaban J connectivity index is 2.19. The Kier molecular flexibility index (Phi) is 1.71. The van der Waals surface area contributed by atoms with Gasteiger partial charge in [0.05, 0.1) is 5.25 Å². The summed E-state index contributed by atoms with van der Waals surface area (Å²) in [6, 6.07) is 9.33. The predicted molar refractivity (Wildman–Crippen MR) is 58.5 cm³/mol. The standard InChI is InChI=1S/C11H11NO2S/c13-15(14,9-5-6-9)11-7-8-3-1-2-4-10(8)12-11/h1-4,7,9,12H,5-6H2. The van der Waals surface area contributed by atoms with E-state index in [1.165, 1.54) is 0 Å². The molecule has 2 aromatic rings. The van der Waals surface area contributed by atoms with E-state index in [-0.39, 0.29) is 5.25 Å². The average Bonchev–Trinajstić information content (AvgIpc) is 2.97. The van der Waals surface area contributed by atoms with Crippen molar-refractivity contribution in [3.63, 3.8) is 0 Å². The Labute approximate surface area is 88.0 Å². The zero-order valence-corrected chi connectivity index (χ0v) is 8.92. The first-order valence-corrected chi connectivity index (χ1v) is 6.54. The monoisotopic (exact) mass is 221 g/mol. The number of nitrogens with one attached hydrogen (secondary N) is 1. The van der Waals surface area contributed by atoms with Gasteiger partial charge in [0.25, 0.3) is 0 Å². The molecule has 0 amide bonds. The maximum absolute atomic E-state index is 11.9. The van der Waals surface area contributed by atoms with Crippen LogP contribution in [-0.2, 0) is 9.84 Å². The van der Waals surface area contributed by atoms with Gasteiger partial charge in [-0.05, 0) is 25.0 Å². The molecule has 0 radical (unpaired) electrons. The average molecular weight is 221 g/mol. The third-order valence-electron chi connectivity index (χ3n) is 2.77. The van der Waals surface area contributed by atoms with Crippen molar-refractivity contribution >= 4 is 20.7 Å². The lowest BCUT2D eigenvalue weighted by atomic mass is 10.3. The highest BCUT2D eigenvalue weighted by Crippen LogP contribution is 2.34.